The van der Waals surface area contributed by atoms with Crippen molar-refractivity contribution in [1.82, 2.24) is 10.2 Å². The molecule has 0 bridgehead atoms. The molecule has 1 saturated heterocycles. The Morgan fingerprint density at radius 1 is 1.15 bits per heavy atom. The molecule has 2 atom stereocenters. The Labute approximate surface area is 125 Å². The maximum Gasteiger partial charge on any atom is 0.0678 e. The molecule has 20 heavy (non-hydrogen) atoms. The molecular weight excluding hydrogens is 248 g/mol. The number of rotatable bonds is 6. The van der Waals surface area contributed by atoms with E-state index in [9.17, 15) is 0 Å². The summed E-state index contributed by atoms with van der Waals surface area (Å²) < 4.78 is 5.87. The highest BCUT2D eigenvalue weighted by Gasteiger charge is 2.36. The van der Waals surface area contributed by atoms with Crippen LogP contribution < -0.4 is 5.32 Å². The van der Waals surface area contributed by atoms with Crippen LogP contribution in [0.2, 0.25) is 0 Å². The van der Waals surface area contributed by atoms with E-state index in [1.165, 1.54) is 38.8 Å². The maximum atomic E-state index is 5.87. The van der Waals surface area contributed by atoms with E-state index >= 15 is 0 Å². The van der Waals surface area contributed by atoms with Gasteiger partial charge in [-0.25, -0.2) is 0 Å². The Hall–Kier alpha value is -0.120. The van der Waals surface area contributed by atoms with Gasteiger partial charge in [-0.2, -0.15) is 0 Å². The SMILES string of the molecule is CC(C)CNCC1(CN2C[C@@H](C)O[C@@H](C)C2)CCCC1. The third kappa shape index (κ3) is 4.71. The highest BCUT2D eigenvalue weighted by Crippen LogP contribution is 2.38. The van der Waals surface area contributed by atoms with E-state index in [1.807, 2.05) is 0 Å². The van der Waals surface area contributed by atoms with Gasteiger partial charge in [0, 0.05) is 26.2 Å². The summed E-state index contributed by atoms with van der Waals surface area (Å²) in [6.45, 7) is 14.8. The Morgan fingerprint density at radius 3 is 2.30 bits per heavy atom. The molecule has 0 unspecified atom stereocenters. The summed E-state index contributed by atoms with van der Waals surface area (Å²) in [7, 11) is 0. The zero-order chi connectivity index (χ0) is 14.6. The van der Waals surface area contributed by atoms with Gasteiger partial charge in [-0.1, -0.05) is 26.7 Å². The van der Waals surface area contributed by atoms with Crippen molar-refractivity contribution >= 4 is 0 Å². The zero-order valence-electron chi connectivity index (χ0n) is 14.0. The van der Waals surface area contributed by atoms with Crippen molar-refractivity contribution in [2.75, 3.05) is 32.7 Å². The average Bonchev–Trinajstić information content (AvgIpc) is 2.75. The molecule has 2 rings (SSSR count). The first-order chi connectivity index (χ1) is 9.49. The number of nitrogens with zero attached hydrogens (tertiary/aromatic N) is 1. The van der Waals surface area contributed by atoms with E-state index in [0.29, 0.717) is 17.6 Å². The number of morpholine rings is 1. The number of hydrogen-bond donors (Lipinski definition) is 1. The lowest BCUT2D eigenvalue weighted by atomic mass is 9.85. The molecule has 2 aliphatic rings. The van der Waals surface area contributed by atoms with Crippen LogP contribution in [-0.2, 0) is 4.74 Å². The minimum atomic E-state index is 0.390. The van der Waals surface area contributed by atoms with Gasteiger partial charge < -0.3 is 10.1 Å². The molecule has 0 aromatic rings. The van der Waals surface area contributed by atoms with Crippen LogP contribution in [0.15, 0.2) is 0 Å². The van der Waals surface area contributed by atoms with E-state index in [2.05, 4.69) is 37.9 Å². The molecular formula is C17H34N2O. The van der Waals surface area contributed by atoms with Crippen molar-refractivity contribution in [3.63, 3.8) is 0 Å². The summed E-state index contributed by atoms with van der Waals surface area (Å²) in [6, 6.07) is 0. The molecule has 3 nitrogen and oxygen atoms in total. The molecule has 0 radical (unpaired) electrons. The standard InChI is InChI=1S/C17H34N2O/c1-14(2)9-18-12-17(7-5-6-8-17)13-19-10-15(3)20-16(4)11-19/h14-16,18H,5-13H2,1-4H3/t15-,16+. The van der Waals surface area contributed by atoms with Crippen LogP contribution in [0.25, 0.3) is 0 Å². The molecule has 1 heterocycles. The van der Waals surface area contributed by atoms with Crippen LogP contribution in [0, 0.1) is 11.3 Å². The summed E-state index contributed by atoms with van der Waals surface area (Å²) in [5.41, 5.74) is 0.520. The average molecular weight is 282 g/mol. The maximum absolute atomic E-state index is 5.87. The van der Waals surface area contributed by atoms with E-state index in [4.69, 9.17) is 4.74 Å². The van der Waals surface area contributed by atoms with E-state index in [1.54, 1.807) is 0 Å². The summed E-state index contributed by atoms with van der Waals surface area (Å²) >= 11 is 0. The largest absolute Gasteiger partial charge is 0.373 e. The fourth-order valence-corrected chi connectivity index (χ4v) is 4.03. The van der Waals surface area contributed by atoms with Gasteiger partial charge in [0.15, 0.2) is 0 Å². The Kier molecular flexibility index (Phi) is 5.88. The minimum Gasteiger partial charge on any atom is -0.373 e. The first kappa shape index (κ1) is 16.3. The summed E-state index contributed by atoms with van der Waals surface area (Å²) in [6.07, 6.45) is 6.41. The van der Waals surface area contributed by atoms with Gasteiger partial charge in [0.2, 0.25) is 0 Å². The summed E-state index contributed by atoms with van der Waals surface area (Å²) in [5, 5.41) is 3.72. The predicted molar refractivity (Wildman–Crippen MR) is 85.1 cm³/mol. The lowest BCUT2D eigenvalue weighted by Gasteiger charge is -2.41. The molecule has 2 fully saturated rings. The molecule has 3 heteroatoms. The van der Waals surface area contributed by atoms with Crippen LogP contribution in [0.5, 0.6) is 0 Å². The highest BCUT2D eigenvalue weighted by atomic mass is 16.5. The van der Waals surface area contributed by atoms with Gasteiger partial charge in [0.05, 0.1) is 12.2 Å². The Morgan fingerprint density at radius 2 is 1.75 bits per heavy atom. The lowest BCUT2D eigenvalue weighted by molar-refractivity contribution is -0.0774. The van der Waals surface area contributed by atoms with Crippen molar-refractivity contribution < 1.29 is 4.74 Å². The third-order valence-corrected chi connectivity index (χ3v) is 4.77. The molecule has 1 aliphatic carbocycles. The van der Waals surface area contributed by atoms with Crippen molar-refractivity contribution in [2.24, 2.45) is 11.3 Å². The molecule has 118 valence electrons. The molecule has 0 spiro atoms. The predicted octanol–water partition coefficient (Wildman–Crippen LogP) is 2.90. The van der Waals surface area contributed by atoms with E-state index in [-0.39, 0.29) is 0 Å². The first-order valence-electron chi connectivity index (χ1n) is 8.58. The fourth-order valence-electron chi connectivity index (χ4n) is 4.03. The molecule has 0 aromatic carbocycles. The quantitative estimate of drug-likeness (QED) is 0.811. The van der Waals surface area contributed by atoms with Gasteiger partial charge in [-0.15, -0.1) is 0 Å². The molecule has 0 aromatic heterocycles. The van der Waals surface area contributed by atoms with Crippen molar-refractivity contribution in [2.45, 2.75) is 65.6 Å². The number of hydrogen-bond acceptors (Lipinski definition) is 3. The van der Waals surface area contributed by atoms with Gasteiger partial charge in [-0.3, -0.25) is 4.90 Å². The second kappa shape index (κ2) is 7.24. The lowest BCUT2D eigenvalue weighted by Crippen LogP contribution is -2.51. The zero-order valence-corrected chi connectivity index (χ0v) is 14.0. The molecule has 1 aliphatic heterocycles. The smallest absolute Gasteiger partial charge is 0.0678 e. The number of ether oxygens (including phenoxy) is 1. The van der Waals surface area contributed by atoms with Crippen molar-refractivity contribution in [3.05, 3.63) is 0 Å². The third-order valence-electron chi connectivity index (χ3n) is 4.77. The topological polar surface area (TPSA) is 24.5 Å². The van der Waals surface area contributed by atoms with E-state index in [0.717, 1.165) is 25.6 Å². The van der Waals surface area contributed by atoms with Crippen LogP contribution in [0.3, 0.4) is 0 Å². The van der Waals surface area contributed by atoms with Crippen molar-refractivity contribution in [1.29, 1.82) is 0 Å². The van der Waals surface area contributed by atoms with Crippen LogP contribution >= 0.6 is 0 Å². The Balaban J connectivity index is 1.87. The van der Waals surface area contributed by atoms with Gasteiger partial charge in [0.1, 0.15) is 0 Å². The molecule has 1 N–H and O–H groups in total. The highest BCUT2D eigenvalue weighted by molar-refractivity contribution is 4.91. The van der Waals surface area contributed by atoms with Crippen molar-refractivity contribution in [3.8, 4) is 0 Å². The fraction of sp³-hybridized carbons (Fsp3) is 1.00. The monoisotopic (exact) mass is 282 g/mol. The van der Waals surface area contributed by atoms with Gasteiger partial charge in [0.25, 0.3) is 0 Å². The van der Waals surface area contributed by atoms with Crippen LogP contribution in [0.4, 0.5) is 0 Å². The summed E-state index contributed by atoms with van der Waals surface area (Å²) in [5.74, 6) is 0.747. The van der Waals surface area contributed by atoms with Crippen LogP contribution in [0.1, 0.15) is 53.4 Å². The van der Waals surface area contributed by atoms with E-state index < -0.39 is 0 Å². The van der Waals surface area contributed by atoms with Crippen LogP contribution in [-0.4, -0.2) is 49.8 Å². The normalized spacial score (nSPS) is 31.1. The second-order valence-corrected chi connectivity index (χ2v) is 7.68. The molecule has 1 saturated carbocycles. The molecule has 0 amide bonds. The minimum absolute atomic E-state index is 0.390. The van der Waals surface area contributed by atoms with Gasteiger partial charge in [-0.05, 0) is 44.6 Å². The number of nitrogens with one attached hydrogen (secondary N) is 1. The van der Waals surface area contributed by atoms with Gasteiger partial charge >= 0.3 is 0 Å². The summed E-state index contributed by atoms with van der Waals surface area (Å²) in [4.78, 5) is 2.65. The first-order valence-corrected chi connectivity index (χ1v) is 8.58. The Bertz CT molecular complexity index is 277. The second-order valence-electron chi connectivity index (χ2n) is 7.68.